The minimum absolute atomic E-state index is 0.161. The van der Waals surface area contributed by atoms with Crippen LogP contribution >= 0.6 is 0 Å². The van der Waals surface area contributed by atoms with Gasteiger partial charge < -0.3 is 14.8 Å². The van der Waals surface area contributed by atoms with Crippen molar-refractivity contribution in [3.8, 4) is 11.5 Å². The van der Waals surface area contributed by atoms with Gasteiger partial charge in [-0.1, -0.05) is 6.07 Å². The Morgan fingerprint density at radius 2 is 1.75 bits per heavy atom. The number of nitrogens with one attached hydrogen (secondary N) is 2. The Morgan fingerprint density at radius 3 is 2.50 bits per heavy atom. The number of fused-ring (bicyclic) bond motifs is 1. The minimum Gasteiger partial charge on any atom is -0.486 e. The largest absolute Gasteiger partial charge is 0.486 e. The van der Waals surface area contributed by atoms with Gasteiger partial charge in [0.2, 0.25) is 0 Å². The van der Waals surface area contributed by atoms with Gasteiger partial charge in [0.1, 0.15) is 13.2 Å². The summed E-state index contributed by atoms with van der Waals surface area (Å²) in [5, 5.41) is 5.73. The van der Waals surface area contributed by atoms with Crippen LogP contribution in [0, 0.1) is 0 Å². The molecule has 0 fully saturated rings. The van der Waals surface area contributed by atoms with Crippen LogP contribution < -0.4 is 20.2 Å². The van der Waals surface area contributed by atoms with Crippen LogP contribution in [0.25, 0.3) is 0 Å². The quantitative estimate of drug-likeness (QED) is 0.477. The van der Waals surface area contributed by atoms with Crippen LogP contribution in [0.1, 0.15) is 11.1 Å². The van der Waals surface area contributed by atoms with E-state index < -0.39 is 23.6 Å². The molecule has 0 atom stereocenters. The highest BCUT2D eigenvalue weighted by atomic mass is 19.4. The van der Waals surface area contributed by atoms with E-state index in [9.17, 15) is 22.8 Å². The average molecular weight is 393 g/mol. The standard InChI is InChI=1S/C18H14F3N3O4/c19-18(20,21)12-2-1-3-13(9-12)23-16(25)17(26)24-22-10-11-4-5-14-15(8-11)28-7-6-27-14/h1-5,8-10H,6-7H2,(H,23,25)(H,24,26)/b22-10-. The summed E-state index contributed by atoms with van der Waals surface area (Å²) >= 11 is 0. The van der Waals surface area contributed by atoms with Crippen molar-refractivity contribution in [1.29, 1.82) is 0 Å². The van der Waals surface area contributed by atoms with Crippen LogP contribution in [0.15, 0.2) is 47.6 Å². The number of amides is 2. The van der Waals surface area contributed by atoms with E-state index in [1.807, 2.05) is 5.43 Å². The zero-order valence-electron chi connectivity index (χ0n) is 14.2. The first kappa shape index (κ1) is 19.2. The van der Waals surface area contributed by atoms with E-state index in [1.54, 1.807) is 18.2 Å². The Bertz CT molecular complexity index is 929. The minimum atomic E-state index is -4.56. The Labute approximate surface area is 157 Å². The molecule has 1 aliphatic rings. The van der Waals surface area contributed by atoms with Crippen molar-refractivity contribution in [3.63, 3.8) is 0 Å². The van der Waals surface area contributed by atoms with Crippen LogP contribution in [0.3, 0.4) is 0 Å². The van der Waals surface area contributed by atoms with Crippen molar-refractivity contribution in [1.82, 2.24) is 5.43 Å². The van der Waals surface area contributed by atoms with Gasteiger partial charge in [-0.2, -0.15) is 18.3 Å². The number of hydrogen-bond donors (Lipinski definition) is 2. The second-order valence-corrected chi connectivity index (χ2v) is 5.63. The van der Waals surface area contributed by atoms with Crippen molar-refractivity contribution in [2.45, 2.75) is 6.18 Å². The van der Waals surface area contributed by atoms with Gasteiger partial charge in [-0.05, 0) is 42.0 Å². The lowest BCUT2D eigenvalue weighted by Gasteiger charge is -2.18. The molecule has 0 unspecified atom stereocenters. The van der Waals surface area contributed by atoms with Gasteiger partial charge in [0, 0.05) is 5.69 Å². The van der Waals surface area contributed by atoms with Crippen LogP contribution in [0.5, 0.6) is 11.5 Å². The number of ether oxygens (including phenoxy) is 2. The number of benzene rings is 2. The van der Waals surface area contributed by atoms with Crippen LogP contribution in [0.2, 0.25) is 0 Å². The normalized spacial score (nSPS) is 13.2. The second kappa shape index (κ2) is 7.99. The summed E-state index contributed by atoms with van der Waals surface area (Å²) in [7, 11) is 0. The topological polar surface area (TPSA) is 89.0 Å². The van der Waals surface area contributed by atoms with Gasteiger partial charge in [-0.3, -0.25) is 9.59 Å². The van der Waals surface area contributed by atoms with E-state index in [0.29, 0.717) is 30.3 Å². The third kappa shape index (κ3) is 4.78. The Morgan fingerprint density at radius 1 is 1.00 bits per heavy atom. The fourth-order valence-corrected chi connectivity index (χ4v) is 2.32. The van der Waals surface area contributed by atoms with Crippen molar-refractivity contribution >= 4 is 23.7 Å². The summed E-state index contributed by atoms with van der Waals surface area (Å²) in [4.78, 5) is 23.5. The maximum atomic E-state index is 12.7. The molecule has 0 saturated carbocycles. The van der Waals surface area contributed by atoms with Gasteiger partial charge in [0.25, 0.3) is 0 Å². The molecule has 7 nitrogen and oxygen atoms in total. The number of rotatable bonds is 3. The summed E-state index contributed by atoms with van der Waals surface area (Å²) in [5.74, 6) is -1.17. The molecule has 0 aromatic heterocycles. The molecule has 10 heteroatoms. The molecule has 28 heavy (non-hydrogen) atoms. The zero-order valence-corrected chi connectivity index (χ0v) is 14.2. The molecule has 3 rings (SSSR count). The summed E-state index contributed by atoms with van der Waals surface area (Å²) in [5.41, 5.74) is 1.48. The average Bonchev–Trinajstić information content (AvgIpc) is 2.67. The van der Waals surface area contributed by atoms with Gasteiger partial charge in [-0.15, -0.1) is 0 Å². The molecule has 1 aliphatic heterocycles. The number of nitrogens with zero attached hydrogens (tertiary/aromatic N) is 1. The van der Waals surface area contributed by atoms with Crippen molar-refractivity contribution in [2.75, 3.05) is 18.5 Å². The lowest BCUT2D eigenvalue weighted by molar-refractivity contribution is -0.137. The molecule has 2 aromatic carbocycles. The first-order valence-corrected chi connectivity index (χ1v) is 8.04. The monoisotopic (exact) mass is 393 g/mol. The first-order chi connectivity index (χ1) is 13.3. The predicted molar refractivity (Wildman–Crippen MR) is 93.2 cm³/mol. The van der Waals surface area contributed by atoms with Crippen LogP contribution in [0.4, 0.5) is 18.9 Å². The molecule has 0 saturated heterocycles. The van der Waals surface area contributed by atoms with E-state index >= 15 is 0 Å². The molecule has 0 aliphatic carbocycles. The second-order valence-electron chi connectivity index (χ2n) is 5.63. The van der Waals surface area contributed by atoms with Crippen molar-refractivity contribution in [2.24, 2.45) is 5.10 Å². The van der Waals surface area contributed by atoms with Gasteiger partial charge >= 0.3 is 18.0 Å². The third-order valence-corrected chi connectivity index (χ3v) is 3.60. The Hall–Kier alpha value is -3.56. The highest BCUT2D eigenvalue weighted by molar-refractivity contribution is 6.39. The number of hydrazone groups is 1. The lowest BCUT2D eigenvalue weighted by atomic mass is 10.2. The number of hydrogen-bond acceptors (Lipinski definition) is 5. The maximum absolute atomic E-state index is 12.7. The Balaban J connectivity index is 1.57. The molecule has 2 amide bonds. The summed E-state index contributed by atoms with van der Waals surface area (Å²) in [6.07, 6.45) is -3.27. The first-order valence-electron chi connectivity index (χ1n) is 8.04. The van der Waals surface area contributed by atoms with Gasteiger partial charge in [0.05, 0.1) is 11.8 Å². The molecule has 0 spiro atoms. The lowest BCUT2D eigenvalue weighted by Crippen LogP contribution is -2.32. The van der Waals surface area contributed by atoms with E-state index in [-0.39, 0.29) is 5.69 Å². The van der Waals surface area contributed by atoms with Gasteiger partial charge in [0.15, 0.2) is 11.5 Å². The Kier molecular flexibility index (Phi) is 5.48. The predicted octanol–water partition coefficient (Wildman–Crippen LogP) is 2.57. The number of anilines is 1. The third-order valence-electron chi connectivity index (χ3n) is 3.60. The summed E-state index contributed by atoms with van der Waals surface area (Å²) < 4.78 is 48.8. The van der Waals surface area contributed by atoms with Crippen molar-refractivity contribution in [3.05, 3.63) is 53.6 Å². The molecular formula is C18H14F3N3O4. The van der Waals surface area contributed by atoms with E-state index in [4.69, 9.17) is 9.47 Å². The zero-order chi connectivity index (χ0) is 20.1. The SMILES string of the molecule is O=C(N/N=C\c1ccc2c(c1)OCCO2)C(=O)Nc1cccc(C(F)(F)F)c1. The highest BCUT2D eigenvalue weighted by Crippen LogP contribution is 2.31. The summed E-state index contributed by atoms with van der Waals surface area (Å²) in [6, 6.07) is 8.93. The fraction of sp³-hybridized carbons (Fsp3) is 0.167. The number of alkyl halides is 3. The van der Waals surface area contributed by atoms with Crippen LogP contribution in [-0.2, 0) is 15.8 Å². The molecule has 0 radical (unpaired) electrons. The van der Waals surface area contributed by atoms with Crippen molar-refractivity contribution < 1.29 is 32.2 Å². The molecule has 2 N–H and O–H groups in total. The molecule has 2 aromatic rings. The van der Waals surface area contributed by atoms with Gasteiger partial charge in [-0.25, -0.2) is 5.43 Å². The fourth-order valence-electron chi connectivity index (χ4n) is 2.32. The molecule has 0 bridgehead atoms. The highest BCUT2D eigenvalue weighted by Gasteiger charge is 2.30. The number of carbonyl (C=O) groups is 2. The van der Waals surface area contributed by atoms with Crippen LogP contribution in [-0.4, -0.2) is 31.2 Å². The molecule has 146 valence electrons. The maximum Gasteiger partial charge on any atom is 0.416 e. The molecular weight excluding hydrogens is 379 g/mol. The van der Waals surface area contributed by atoms with E-state index in [1.165, 1.54) is 12.3 Å². The van der Waals surface area contributed by atoms with E-state index in [2.05, 4.69) is 10.4 Å². The number of carbonyl (C=O) groups excluding carboxylic acids is 2. The van der Waals surface area contributed by atoms with E-state index in [0.717, 1.165) is 18.2 Å². The summed E-state index contributed by atoms with van der Waals surface area (Å²) in [6.45, 7) is 0.873. The number of halogens is 3. The smallest absolute Gasteiger partial charge is 0.416 e. The molecule has 1 heterocycles.